The molecule has 1 amide bonds. The monoisotopic (exact) mass is 273 g/mol. The van der Waals surface area contributed by atoms with Crippen molar-refractivity contribution in [3.8, 4) is 0 Å². The van der Waals surface area contributed by atoms with Crippen molar-refractivity contribution >= 4 is 28.9 Å². The third-order valence-electron chi connectivity index (χ3n) is 2.44. The van der Waals surface area contributed by atoms with Crippen LogP contribution in [-0.2, 0) is 14.3 Å². The molecule has 2 atom stereocenters. The van der Waals surface area contributed by atoms with E-state index in [1.807, 2.05) is 0 Å². The summed E-state index contributed by atoms with van der Waals surface area (Å²) in [6.45, 7) is 5.06. The lowest BCUT2D eigenvalue weighted by Gasteiger charge is -2.20. The Hall–Kier alpha value is -1.50. The standard InChI is InChI=1S/C11H15NO5S/c1-3-4-17-11(16)12-6-8(18-7(2)13)5-9(12)10(14)15/h3,8-9H,1,4-6H2,2H3,(H,14,15)/t8-,9+/m0/s1. The number of ether oxygens (including phenoxy) is 1. The molecular formula is C11H15NO5S. The van der Waals surface area contributed by atoms with Gasteiger partial charge in [0, 0.05) is 18.7 Å². The first-order valence-corrected chi connectivity index (χ1v) is 6.28. The van der Waals surface area contributed by atoms with Crippen molar-refractivity contribution in [2.45, 2.75) is 24.6 Å². The van der Waals surface area contributed by atoms with Gasteiger partial charge in [-0.05, 0) is 6.42 Å². The molecule has 0 spiro atoms. The summed E-state index contributed by atoms with van der Waals surface area (Å²) in [4.78, 5) is 34.8. The van der Waals surface area contributed by atoms with Gasteiger partial charge in [-0.3, -0.25) is 9.69 Å². The second-order valence-electron chi connectivity index (χ2n) is 3.84. The topological polar surface area (TPSA) is 83.9 Å². The van der Waals surface area contributed by atoms with Gasteiger partial charge in [0.05, 0.1) is 0 Å². The summed E-state index contributed by atoms with van der Waals surface area (Å²) in [5.41, 5.74) is 0. The van der Waals surface area contributed by atoms with Gasteiger partial charge in [0.25, 0.3) is 0 Å². The van der Waals surface area contributed by atoms with Crippen molar-refractivity contribution in [3.05, 3.63) is 12.7 Å². The first-order valence-electron chi connectivity index (χ1n) is 5.40. The van der Waals surface area contributed by atoms with E-state index in [2.05, 4.69) is 6.58 Å². The number of thioether (sulfide) groups is 1. The number of hydrogen-bond acceptors (Lipinski definition) is 5. The molecule has 1 N–H and O–H groups in total. The number of aliphatic carboxylic acids is 1. The molecule has 1 rings (SSSR count). The lowest BCUT2D eigenvalue weighted by molar-refractivity contribution is -0.141. The van der Waals surface area contributed by atoms with E-state index in [-0.39, 0.29) is 29.9 Å². The molecule has 0 aromatic heterocycles. The van der Waals surface area contributed by atoms with E-state index in [1.165, 1.54) is 13.0 Å². The maximum atomic E-state index is 11.6. The molecule has 0 bridgehead atoms. The average Bonchev–Trinajstić information content (AvgIpc) is 2.69. The van der Waals surface area contributed by atoms with Gasteiger partial charge in [-0.25, -0.2) is 9.59 Å². The van der Waals surface area contributed by atoms with Crippen LogP contribution in [0.3, 0.4) is 0 Å². The largest absolute Gasteiger partial charge is 0.480 e. The number of amides is 1. The Kier molecular flexibility index (Phi) is 5.21. The first-order chi connectivity index (χ1) is 8.45. The Bertz CT molecular complexity index is 370. The molecule has 0 aliphatic carbocycles. The molecule has 6 nitrogen and oxygen atoms in total. The van der Waals surface area contributed by atoms with Gasteiger partial charge >= 0.3 is 12.1 Å². The first kappa shape index (κ1) is 14.6. The fourth-order valence-corrected chi connectivity index (χ4v) is 2.75. The molecule has 100 valence electrons. The number of nitrogens with zero attached hydrogens (tertiary/aromatic N) is 1. The average molecular weight is 273 g/mol. The highest BCUT2D eigenvalue weighted by Crippen LogP contribution is 2.28. The minimum absolute atomic E-state index is 0.0339. The number of rotatable bonds is 4. The lowest BCUT2D eigenvalue weighted by atomic mass is 10.2. The van der Waals surface area contributed by atoms with Crippen molar-refractivity contribution in [2.75, 3.05) is 13.2 Å². The highest BCUT2D eigenvalue weighted by Gasteiger charge is 2.41. The molecule has 18 heavy (non-hydrogen) atoms. The molecule has 0 aromatic carbocycles. The van der Waals surface area contributed by atoms with Crippen LogP contribution in [0, 0.1) is 0 Å². The predicted octanol–water partition coefficient (Wildman–Crippen LogP) is 1.12. The number of carbonyl (C=O) groups excluding carboxylic acids is 2. The normalized spacial score (nSPS) is 22.6. The molecule has 1 heterocycles. The number of carboxylic acid groups (broad SMARTS) is 1. The van der Waals surface area contributed by atoms with E-state index in [4.69, 9.17) is 9.84 Å². The van der Waals surface area contributed by atoms with Crippen LogP contribution >= 0.6 is 11.8 Å². The minimum atomic E-state index is -1.09. The van der Waals surface area contributed by atoms with Crippen LogP contribution < -0.4 is 0 Å². The fourth-order valence-electron chi connectivity index (χ4n) is 1.77. The Morgan fingerprint density at radius 3 is 2.72 bits per heavy atom. The molecule has 0 radical (unpaired) electrons. The smallest absolute Gasteiger partial charge is 0.410 e. The van der Waals surface area contributed by atoms with Crippen LogP contribution in [0.5, 0.6) is 0 Å². The van der Waals surface area contributed by atoms with E-state index in [0.29, 0.717) is 0 Å². The zero-order valence-electron chi connectivity index (χ0n) is 10.00. The van der Waals surface area contributed by atoms with E-state index in [0.717, 1.165) is 16.7 Å². The van der Waals surface area contributed by atoms with Crippen LogP contribution in [0.4, 0.5) is 4.79 Å². The fraction of sp³-hybridized carbons (Fsp3) is 0.545. The van der Waals surface area contributed by atoms with Crippen LogP contribution in [0.2, 0.25) is 0 Å². The molecule has 1 aliphatic rings. The molecular weight excluding hydrogens is 258 g/mol. The molecule has 0 aromatic rings. The van der Waals surface area contributed by atoms with Crippen molar-refractivity contribution in [3.63, 3.8) is 0 Å². The molecule has 0 saturated carbocycles. The SMILES string of the molecule is C=CCOC(=O)N1C[C@@H](SC(C)=O)C[C@@H]1C(=O)O. The number of likely N-dealkylation sites (tertiary alicyclic amines) is 1. The third-order valence-corrected chi connectivity index (χ3v) is 3.45. The summed E-state index contributed by atoms with van der Waals surface area (Å²) >= 11 is 1.06. The zero-order valence-corrected chi connectivity index (χ0v) is 10.8. The molecule has 1 fully saturated rings. The van der Waals surface area contributed by atoms with Gasteiger partial charge in [0.2, 0.25) is 0 Å². The van der Waals surface area contributed by atoms with E-state index in [9.17, 15) is 14.4 Å². The van der Waals surface area contributed by atoms with Crippen molar-refractivity contribution in [2.24, 2.45) is 0 Å². The van der Waals surface area contributed by atoms with Crippen LogP contribution in [0.1, 0.15) is 13.3 Å². The second kappa shape index (κ2) is 6.44. The van der Waals surface area contributed by atoms with Crippen LogP contribution in [0.15, 0.2) is 12.7 Å². The quantitative estimate of drug-likeness (QED) is 0.773. The van der Waals surface area contributed by atoms with Gasteiger partial charge in [0.1, 0.15) is 12.6 Å². The van der Waals surface area contributed by atoms with E-state index < -0.39 is 18.1 Å². The highest BCUT2D eigenvalue weighted by atomic mass is 32.2. The van der Waals surface area contributed by atoms with Gasteiger partial charge in [-0.2, -0.15) is 0 Å². The Balaban J connectivity index is 2.68. The van der Waals surface area contributed by atoms with Gasteiger partial charge in [-0.15, -0.1) is 0 Å². The van der Waals surface area contributed by atoms with E-state index >= 15 is 0 Å². The summed E-state index contributed by atoms with van der Waals surface area (Å²) in [6, 6.07) is -0.931. The Labute approximate surface area is 109 Å². The Morgan fingerprint density at radius 1 is 1.56 bits per heavy atom. The second-order valence-corrected chi connectivity index (χ2v) is 5.32. The van der Waals surface area contributed by atoms with Gasteiger partial charge in [-0.1, -0.05) is 24.4 Å². The van der Waals surface area contributed by atoms with Gasteiger partial charge in [0.15, 0.2) is 5.12 Å². The summed E-state index contributed by atoms with van der Waals surface area (Å²) in [6.07, 6.45) is 0.975. The molecule has 1 saturated heterocycles. The Morgan fingerprint density at radius 2 is 2.22 bits per heavy atom. The number of carbonyl (C=O) groups is 3. The van der Waals surface area contributed by atoms with Crippen molar-refractivity contribution in [1.29, 1.82) is 0 Å². The summed E-state index contributed by atoms with van der Waals surface area (Å²) in [7, 11) is 0. The maximum absolute atomic E-state index is 11.6. The van der Waals surface area contributed by atoms with E-state index in [1.54, 1.807) is 0 Å². The lowest BCUT2D eigenvalue weighted by Crippen LogP contribution is -2.40. The maximum Gasteiger partial charge on any atom is 0.410 e. The summed E-state index contributed by atoms with van der Waals surface area (Å²) in [5, 5.41) is 8.76. The minimum Gasteiger partial charge on any atom is -0.480 e. The number of hydrogen-bond donors (Lipinski definition) is 1. The van der Waals surface area contributed by atoms with Crippen molar-refractivity contribution < 1.29 is 24.2 Å². The predicted molar refractivity (Wildman–Crippen MR) is 66.4 cm³/mol. The highest BCUT2D eigenvalue weighted by molar-refractivity contribution is 8.14. The summed E-state index contributed by atoms with van der Waals surface area (Å²) < 4.78 is 4.82. The number of carboxylic acids is 1. The third kappa shape index (κ3) is 3.76. The van der Waals surface area contributed by atoms with Gasteiger partial charge < -0.3 is 9.84 Å². The van der Waals surface area contributed by atoms with Crippen molar-refractivity contribution in [1.82, 2.24) is 4.90 Å². The zero-order chi connectivity index (χ0) is 13.7. The van der Waals surface area contributed by atoms with Crippen LogP contribution in [-0.4, -0.2) is 51.6 Å². The molecule has 7 heteroatoms. The molecule has 0 unspecified atom stereocenters. The summed E-state index contributed by atoms with van der Waals surface area (Å²) in [5.74, 6) is -1.09. The van der Waals surface area contributed by atoms with Crippen LogP contribution in [0.25, 0.3) is 0 Å². The molecule has 1 aliphatic heterocycles.